The molecule has 1 aliphatic rings. The van der Waals surface area contributed by atoms with Crippen molar-refractivity contribution in [3.8, 4) is 0 Å². The van der Waals surface area contributed by atoms with Gasteiger partial charge in [0.25, 0.3) is 5.91 Å². The molecule has 2 atom stereocenters. The Labute approximate surface area is 195 Å². The van der Waals surface area contributed by atoms with E-state index in [-0.39, 0.29) is 25.3 Å². The van der Waals surface area contributed by atoms with Gasteiger partial charge in [-0.1, -0.05) is 30.3 Å². The van der Waals surface area contributed by atoms with Crippen LogP contribution in [0.1, 0.15) is 24.8 Å². The van der Waals surface area contributed by atoms with Gasteiger partial charge in [0.1, 0.15) is 18.6 Å². The van der Waals surface area contributed by atoms with E-state index < -0.39 is 54.9 Å². The standard InChI is InChI=1S/C21H29N7O6/c22-20(23)24-10-4-7-14-18(31)28(21(34)27-14)12-17(30)25-11-15(19(32)33)26-16(29)9-8-13-5-2-1-3-6-13/h1-3,5-6,14-15H,4,7-12H2,(H,25,30)(H,26,29)(H,27,34)(H,32,33)(H4,22,23,24). The molecule has 13 heteroatoms. The van der Waals surface area contributed by atoms with Crippen LogP contribution in [0, 0.1) is 0 Å². The van der Waals surface area contributed by atoms with Gasteiger partial charge in [-0.3, -0.25) is 24.3 Å². The Bertz CT molecular complexity index is 933. The SMILES string of the molecule is NC(N)=NCCCC1NC(=O)N(CC(=O)NCC(NC(=O)CCc2ccccc2)C(=O)O)C1=O. The first kappa shape index (κ1) is 26.1. The molecule has 1 aromatic carbocycles. The van der Waals surface area contributed by atoms with Gasteiger partial charge in [0.05, 0.1) is 0 Å². The Morgan fingerprint density at radius 2 is 1.85 bits per heavy atom. The number of amides is 5. The van der Waals surface area contributed by atoms with Crippen molar-refractivity contribution >= 4 is 35.7 Å². The number of aryl methyl sites for hydroxylation is 1. The summed E-state index contributed by atoms with van der Waals surface area (Å²) in [5.74, 6) is -3.21. The molecule has 0 radical (unpaired) electrons. The monoisotopic (exact) mass is 475 g/mol. The van der Waals surface area contributed by atoms with Crippen molar-refractivity contribution in [2.24, 2.45) is 16.5 Å². The van der Waals surface area contributed by atoms with Gasteiger partial charge < -0.3 is 32.5 Å². The maximum Gasteiger partial charge on any atom is 0.328 e. The quantitative estimate of drug-likeness (QED) is 0.0834. The summed E-state index contributed by atoms with van der Waals surface area (Å²) < 4.78 is 0. The predicted octanol–water partition coefficient (Wildman–Crippen LogP) is -1.72. The first-order valence-electron chi connectivity index (χ1n) is 10.7. The van der Waals surface area contributed by atoms with Crippen LogP contribution in [-0.4, -0.2) is 77.4 Å². The van der Waals surface area contributed by atoms with Gasteiger partial charge in [-0.15, -0.1) is 0 Å². The normalized spacial score (nSPS) is 15.9. The zero-order valence-electron chi connectivity index (χ0n) is 18.5. The second-order valence-electron chi connectivity index (χ2n) is 7.62. The highest BCUT2D eigenvalue weighted by Crippen LogP contribution is 2.11. The summed E-state index contributed by atoms with van der Waals surface area (Å²) in [5.41, 5.74) is 11.4. The van der Waals surface area contributed by atoms with E-state index in [9.17, 15) is 29.1 Å². The Morgan fingerprint density at radius 3 is 2.50 bits per heavy atom. The number of carboxylic acid groups (broad SMARTS) is 1. The highest BCUT2D eigenvalue weighted by molar-refractivity contribution is 6.06. The van der Waals surface area contributed by atoms with Crippen molar-refractivity contribution in [1.82, 2.24) is 20.9 Å². The van der Waals surface area contributed by atoms with Gasteiger partial charge in [-0.05, 0) is 24.8 Å². The molecule has 1 aliphatic heterocycles. The molecule has 5 amide bonds. The van der Waals surface area contributed by atoms with Crippen molar-refractivity contribution in [3.05, 3.63) is 35.9 Å². The number of carboxylic acids is 1. The Morgan fingerprint density at radius 1 is 1.15 bits per heavy atom. The summed E-state index contributed by atoms with van der Waals surface area (Å²) in [5, 5.41) is 16.5. The van der Waals surface area contributed by atoms with Crippen molar-refractivity contribution in [1.29, 1.82) is 0 Å². The number of imide groups is 1. The maximum absolute atomic E-state index is 12.4. The third-order valence-electron chi connectivity index (χ3n) is 4.97. The van der Waals surface area contributed by atoms with Gasteiger partial charge in [0.15, 0.2) is 5.96 Å². The largest absolute Gasteiger partial charge is 0.480 e. The van der Waals surface area contributed by atoms with Crippen molar-refractivity contribution in [2.45, 2.75) is 37.8 Å². The van der Waals surface area contributed by atoms with Crippen LogP contribution in [0.3, 0.4) is 0 Å². The number of hydrogen-bond donors (Lipinski definition) is 6. The van der Waals surface area contributed by atoms with E-state index in [4.69, 9.17) is 11.5 Å². The molecule has 34 heavy (non-hydrogen) atoms. The number of benzene rings is 1. The molecule has 0 aliphatic carbocycles. The number of rotatable bonds is 13. The van der Waals surface area contributed by atoms with Crippen LogP contribution < -0.4 is 27.4 Å². The number of hydrogen-bond acceptors (Lipinski definition) is 6. The second kappa shape index (κ2) is 12.8. The zero-order chi connectivity index (χ0) is 25.1. The molecule has 1 heterocycles. The van der Waals surface area contributed by atoms with Gasteiger partial charge in [-0.2, -0.15) is 0 Å². The molecule has 8 N–H and O–H groups in total. The Balaban J connectivity index is 1.78. The summed E-state index contributed by atoms with van der Waals surface area (Å²) >= 11 is 0. The number of aliphatic imine (C=N–C) groups is 1. The highest BCUT2D eigenvalue weighted by Gasteiger charge is 2.38. The minimum atomic E-state index is -1.36. The average molecular weight is 476 g/mol. The predicted molar refractivity (Wildman–Crippen MR) is 121 cm³/mol. The molecule has 13 nitrogen and oxygen atoms in total. The van der Waals surface area contributed by atoms with E-state index in [0.29, 0.717) is 12.8 Å². The van der Waals surface area contributed by atoms with E-state index >= 15 is 0 Å². The van der Waals surface area contributed by atoms with Crippen molar-refractivity contribution in [3.63, 3.8) is 0 Å². The lowest BCUT2D eigenvalue weighted by atomic mass is 10.1. The number of carbonyl (C=O) groups is 5. The minimum absolute atomic E-state index is 0.0767. The fourth-order valence-corrected chi connectivity index (χ4v) is 3.21. The molecule has 0 saturated carbocycles. The third kappa shape index (κ3) is 8.41. The first-order chi connectivity index (χ1) is 16.2. The molecule has 2 rings (SSSR count). The summed E-state index contributed by atoms with van der Waals surface area (Å²) in [6.45, 7) is -0.698. The number of nitrogens with two attached hydrogens (primary N) is 2. The maximum atomic E-state index is 12.4. The van der Waals surface area contributed by atoms with Crippen LogP contribution in [0.25, 0.3) is 0 Å². The van der Waals surface area contributed by atoms with E-state index in [2.05, 4.69) is 20.9 Å². The van der Waals surface area contributed by atoms with Gasteiger partial charge in [-0.25, -0.2) is 9.59 Å². The number of urea groups is 1. The highest BCUT2D eigenvalue weighted by atomic mass is 16.4. The lowest BCUT2D eigenvalue weighted by Gasteiger charge is -2.17. The van der Waals surface area contributed by atoms with Gasteiger partial charge in [0.2, 0.25) is 11.8 Å². The zero-order valence-corrected chi connectivity index (χ0v) is 18.5. The van der Waals surface area contributed by atoms with E-state index in [1.807, 2.05) is 30.3 Å². The van der Waals surface area contributed by atoms with Crippen molar-refractivity contribution < 1.29 is 29.1 Å². The fraction of sp³-hybridized carbons (Fsp3) is 0.429. The summed E-state index contributed by atoms with van der Waals surface area (Å²) in [6.07, 6.45) is 1.24. The fourth-order valence-electron chi connectivity index (χ4n) is 3.21. The lowest BCUT2D eigenvalue weighted by Crippen LogP contribution is -2.50. The van der Waals surface area contributed by atoms with Crippen LogP contribution in [0.15, 0.2) is 35.3 Å². The molecule has 1 fully saturated rings. The van der Waals surface area contributed by atoms with Crippen LogP contribution in [0.4, 0.5) is 4.79 Å². The number of guanidine groups is 1. The topological polar surface area (TPSA) is 209 Å². The summed E-state index contributed by atoms with van der Waals surface area (Å²) in [7, 11) is 0. The van der Waals surface area contributed by atoms with Crippen LogP contribution in [0.5, 0.6) is 0 Å². The molecule has 2 unspecified atom stereocenters. The minimum Gasteiger partial charge on any atom is -0.480 e. The summed E-state index contributed by atoms with van der Waals surface area (Å²) in [4.78, 5) is 64.8. The summed E-state index contributed by atoms with van der Waals surface area (Å²) in [6, 6.07) is 6.34. The Hall–Kier alpha value is -4.16. The molecule has 1 saturated heterocycles. The van der Waals surface area contributed by atoms with E-state index in [1.54, 1.807) is 0 Å². The van der Waals surface area contributed by atoms with Crippen molar-refractivity contribution in [2.75, 3.05) is 19.6 Å². The first-order valence-corrected chi connectivity index (χ1v) is 10.7. The van der Waals surface area contributed by atoms with Crippen LogP contribution >= 0.6 is 0 Å². The average Bonchev–Trinajstić information content (AvgIpc) is 3.06. The van der Waals surface area contributed by atoms with Gasteiger partial charge >= 0.3 is 12.0 Å². The molecule has 0 aromatic heterocycles. The third-order valence-corrected chi connectivity index (χ3v) is 4.97. The molecule has 0 spiro atoms. The van der Waals surface area contributed by atoms with Crippen LogP contribution in [-0.2, 0) is 25.6 Å². The number of aliphatic carboxylic acids is 1. The van der Waals surface area contributed by atoms with E-state index in [1.165, 1.54) is 0 Å². The number of nitrogens with one attached hydrogen (secondary N) is 3. The lowest BCUT2D eigenvalue weighted by molar-refractivity contribution is -0.142. The molecular weight excluding hydrogens is 446 g/mol. The number of nitrogens with zero attached hydrogens (tertiary/aromatic N) is 2. The molecule has 0 bridgehead atoms. The second-order valence-corrected chi connectivity index (χ2v) is 7.62. The van der Waals surface area contributed by atoms with Crippen LogP contribution in [0.2, 0.25) is 0 Å². The molecule has 1 aromatic rings. The van der Waals surface area contributed by atoms with E-state index in [0.717, 1.165) is 10.5 Å². The molecule has 184 valence electrons. The smallest absolute Gasteiger partial charge is 0.328 e. The van der Waals surface area contributed by atoms with Gasteiger partial charge in [0, 0.05) is 19.5 Å². The number of carbonyl (C=O) groups excluding carboxylic acids is 4. The Kier molecular flexibility index (Phi) is 9.80. The molecular formula is C21H29N7O6.